The number of benzene rings is 3. The second-order valence-corrected chi connectivity index (χ2v) is 9.42. The molecule has 1 N–H and O–H groups in total. The van der Waals surface area contributed by atoms with Crippen molar-refractivity contribution in [1.29, 1.82) is 0 Å². The minimum absolute atomic E-state index is 0.212. The first-order chi connectivity index (χ1) is 16.4. The molecule has 1 aliphatic rings. The fourth-order valence-corrected chi connectivity index (χ4v) is 4.35. The molecule has 0 unspecified atom stereocenters. The molecular weight excluding hydrogens is 515 g/mol. The Hall–Kier alpha value is -2.64. The monoisotopic (exact) mass is 532 g/mol. The molecule has 5 nitrogen and oxygen atoms in total. The molecule has 174 valence electrons. The van der Waals surface area contributed by atoms with Gasteiger partial charge in [-0.05, 0) is 84.4 Å². The summed E-state index contributed by atoms with van der Waals surface area (Å²) in [5.41, 5.74) is 2.39. The van der Waals surface area contributed by atoms with E-state index < -0.39 is 0 Å². The van der Waals surface area contributed by atoms with Gasteiger partial charge in [-0.2, -0.15) is 0 Å². The Morgan fingerprint density at radius 1 is 0.941 bits per heavy atom. The zero-order chi connectivity index (χ0) is 24.1. The van der Waals surface area contributed by atoms with E-state index in [1.165, 1.54) is 11.8 Å². The summed E-state index contributed by atoms with van der Waals surface area (Å²) in [6, 6.07) is 17.9. The number of amidine groups is 1. The van der Waals surface area contributed by atoms with Gasteiger partial charge in [0.05, 0.1) is 27.2 Å². The highest BCUT2D eigenvalue weighted by Crippen LogP contribution is 2.33. The smallest absolute Gasteiger partial charge is 0.264 e. The van der Waals surface area contributed by atoms with Gasteiger partial charge in [0.15, 0.2) is 16.7 Å². The quantitative estimate of drug-likeness (QED) is 0.319. The van der Waals surface area contributed by atoms with Gasteiger partial charge in [0.1, 0.15) is 6.61 Å². The Bertz CT molecular complexity index is 1280. The summed E-state index contributed by atoms with van der Waals surface area (Å²) in [5, 5.41) is 4.88. The van der Waals surface area contributed by atoms with Crippen LogP contribution in [0.1, 0.15) is 18.1 Å². The summed E-state index contributed by atoms with van der Waals surface area (Å²) in [6.45, 7) is 2.67. The van der Waals surface area contributed by atoms with Gasteiger partial charge in [-0.15, -0.1) is 0 Å². The van der Waals surface area contributed by atoms with E-state index in [1.54, 1.807) is 42.5 Å². The maximum absolute atomic E-state index is 12.4. The van der Waals surface area contributed by atoms with Gasteiger partial charge < -0.3 is 14.8 Å². The highest BCUT2D eigenvalue weighted by molar-refractivity contribution is 8.18. The molecule has 0 bridgehead atoms. The lowest BCUT2D eigenvalue weighted by Gasteiger charge is -2.13. The average molecular weight is 534 g/mol. The summed E-state index contributed by atoms with van der Waals surface area (Å²) in [7, 11) is 0. The predicted octanol–water partition coefficient (Wildman–Crippen LogP) is 7.52. The van der Waals surface area contributed by atoms with Crippen LogP contribution in [0, 0.1) is 0 Å². The van der Waals surface area contributed by atoms with E-state index in [4.69, 9.17) is 44.3 Å². The molecule has 0 spiro atoms. The van der Waals surface area contributed by atoms with Crippen molar-refractivity contribution in [2.24, 2.45) is 4.99 Å². The van der Waals surface area contributed by atoms with Crippen molar-refractivity contribution in [2.45, 2.75) is 13.5 Å². The van der Waals surface area contributed by atoms with E-state index in [9.17, 15) is 4.79 Å². The molecule has 1 saturated heterocycles. The lowest BCUT2D eigenvalue weighted by atomic mass is 10.2. The third-order valence-corrected chi connectivity index (χ3v) is 6.55. The third-order valence-electron chi connectivity index (χ3n) is 4.65. The van der Waals surface area contributed by atoms with Crippen molar-refractivity contribution in [1.82, 2.24) is 5.32 Å². The van der Waals surface area contributed by atoms with Crippen LogP contribution in [0.5, 0.6) is 11.5 Å². The maximum Gasteiger partial charge on any atom is 0.264 e. The lowest BCUT2D eigenvalue weighted by Crippen LogP contribution is -2.19. The molecule has 4 rings (SSSR count). The molecule has 1 aliphatic heterocycles. The Kier molecular flexibility index (Phi) is 8.06. The van der Waals surface area contributed by atoms with Gasteiger partial charge in [-0.3, -0.25) is 4.79 Å². The third kappa shape index (κ3) is 6.27. The first-order valence-electron chi connectivity index (χ1n) is 10.3. The van der Waals surface area contributed by atoms with Crippen LogP contribution >= 0.6 is 46.6 Å². The molecule has 3 aromatic carbocycles. The van der Waals surface area contributed by atoms with Crippen molar-refractivity contribution in [3.05, 3.63) is 91.8 Å². The number of carbonyl (C=O) groups is 1. The van der Waals surface area contributed by atoms with Crippen molar-refractivity contribution in [3.8, 4) is 11.5 Å². The number of thioether (sulfide) groups is 1. The molecule has 0 atom stereocenters. The zero-order valence-corrected chi connectivity index (χ0v) is 21.1. The molecule has 0 radical (unpaired) electrons. The standard InChI is InChI=1S/C25H19Cl3N2O3S/c1-2-32-22-12-15(4-10-21(22)33-14-16-3-9-19(27)20(28)11-16)13-23-24(31)30-25(34-23)29-18-7-5-17(26)6-8-18/h3-13H,2,14H2,1H3,(H,29,30,31)/b23-13-. The van der Waals surface area contributed by atoms with Gasteiger partial charge in [0.25, 0.3) is 5.91 Å². The zero-order valence-electron chi connectivity index (χ0n) is 18.0. The highest BCUT2D eigenvalue weighted by atomic mass is 35.5. The Labute approximate surface area is 216 Å². The number of nitrogens with one attached hydrogen (secondary N) is 1. The molecule has 1 heterocycles. The number of hydrogen-bond donors (Lipinski definition) is 1. The fraction of sp³-hybridized carbons (Fsp3) is 0.120. The summed E-state index contributed by atoms with van der Waals surface area (Å²) < 4.78 is 11.7. The lowest BCUT2D eigenvalue weighted by molar-refractivity contribution is -0.115. The molecular formula is C25H19Cl3N2O3S. The van der Waals surface area contributed by atoms with Crippen LogP contribution in [0.2, 0.25) is 15.1 Å². The van der Waals surface area contributed by atoms with Gasteiger partial charge in [0, 0.05) is 5.02 Å². The van der Waals surface area contributed by atoms with E-state index in [2.05, 4.69) is 10.3 Å². The average Bonchev–Trinajstić information content (AvgIpc) is 3.15. The second-order valence-electron chi connectivity index (χ2n) is 7.13. The molecule has 0 saturated carbocycles. The molecule has 1 amide bonds. The normalized spacial score (nSPS) is 15.6. The van der Waals surface area contributed by atoms with E-state index in [1.807, 2.05) is 31.2 Å². The van der Waals surface area contributed by atoms with Crippen LogP contribution in [0.4, 0.5) is 5.69 Å². The number of aliphatic imine (C=N–C) groups is 1. The largest absolute Gasteiger partial charge is 0.490 e. The van der Waals surface area contributed by atoms with Gasteiger partial charge in [0.2, 0.25) is 0 Å². The minimum atomic E-state index is -0.212. The number of ether oxygens (including phenoxy) is 2. The van der Waals surface area contributed by atoms with Crippen LogP contribution < -0.4 is 14.8 Å². The Morgan fingerprint density at radius 2 is 1.74 bits per heavy atom. The first-order valence-corrected chi connectivity index (χ1v) is 12.2. The Balaban J connectivity index is 1.50. The summed E-state index contributed by atoms with van der Waals surface area (Å²) in [6.07, 6.45) is 1.79. The molecule has 3 aromatic rings. The molecule has 9 heteroatoms. The Morgan fingerprint density at radius 3 is 2.47 bits per heavy atom. The van der Waals surface area contributed by atoms with E-state index in [0.717, 1.165) is 11.1 Å². The molecule has 34 heavy (non-hydrogen) atoms. The number of rotatable bonds is 7. The highest BCUT2D eigenvalue weighted by Gasteiger charge is 2.24. The van der Waals surface area contributed by atoms with Crippen LogP contribution in [0.15, 0.2) is 70.6 Å². The number of amides is 1. The predicted molar refractivity (Wildman–Crippen MR) is 141 cm³/mol. The van der Waals surface area contributed by atoms with Gasteiger partial charge in [-0.1, -0.05) is 46.9 Å². The molecule has 0 aliphatic carbocycles. The second kappa shape index (κ2) is 11.2. The van der Waals surface area contributed by atoms with Crippen molar-refractivity contribution in [3.63, 3.8) is 0 Å². The van der Waals surface area contributed by atoms with Crippen LogP contribution in [-0.4, -0.2) is 17.7 Å². The van der Waals surface area contributed by atoms with E-state index in [0.29, 0.717) is 55.5 Å². The van der Waals surface area contributed by atoms with Crippen molar-refractivity contribution < 1.29 is 14.3 Å². The van der Waals surface area contributed by atoms with Crippen molar-refractivity contribution >= 4 is 69.4 Å². The molecule has 1 fully saturated rings. The van der Waals surface area contributed by atoms with Crippen LogP contribution in [0.25, 0.3) is 6.08 Å². The maximum atomic E-state index is 12.4. The van der Waals surface area contributed by atoms with Gasteiger partial charge >= 0.3 is 0 Å². The fourth-order valence-electron chi connectivity index (χ4n) is 3.06. The first kappa shape index (κ1) is 24.5. The summed E-state index contributed by atoms with van der Waals surface area (Å²) >= 11 is 19.2. The summed E-state index contributed by atoms with van der Waals surface area (Å²) in [5.74, 6) is 0.953. The SMILES string of the molecule is CCOc1cc(/C=C2\SC(=Nc3ccc(Cl)cc3)NC2=O)ccc1OCc1ccc(Cl)c(Cl)c1. The van der Waals surface area contributed by atoms with Crippen LogP contribution in [0.3, 0.4) is 0 Å². The number of carbonyl (C=O) groups excluding carboxylic acids is 1. The summed E-state index contributed by atoms with van der Waals surface area (Å²) in [4.78, 5) is 17.4. The van der Waals surface area contributed by atoms with Gasteiger partial charge in [-0.25, -0.2) is 4.99 Å². The van der Waals surface area contributed by atoms with Crippen LogP contribution in [-0.2, 0) is 11.4 Å². The topological polar surface area (TPSA) is 59.9 Å². The van der Waals surface area contributed by atoms with Crippen molar-refractivity contribution in [2.75, 3.05) is 6.61 Å². The van der Waals surface area contributed by atoms with E-state index >= 15 is 0 Å². The minimum Gasteiger partial charge on any atom is -0.490 e. The number of nitrogens with zero attached hydrogens (tertiary/aromatic N) is 1. The number of hydrogen-bond acceptors (Lipinski definition) is 5. The number of halogens is 3. The molecule has 0 aromatic heterocycles. The van der Waals surface area contributed by atoms with E-state index in [-0.39, 0.29) is 5.91 Å².